The Morgan fingerprint density at radius 2 is 1.59 bits per heavy atom. The fraction of sp³-hybridized carbons (Fsp3) is 0.435. The van der Waals surface area contributed by atoms with E-state index in [1.54, 1.807) is 30.3 Å². The zero-order valence-corrected chi connectivity index (χ0v) is 18.1. The van der Waals surface area contributed by atoms with Gasteiger partial charge in [0.2, 0.25) is 0 Å². The van der Waals surface area contributed by atoms with E-state index in [0.717, 1.165) is 5.92 Å². The molecule has 0 aromatic heterocycles. The Labute approximate surface area is 165 Å². The highest BCUT2D eigenvalue weighted by Crippen LogP contribution is 2.38. The average Bonchev–Trinajstić information content (AvgIpc) is 2.63. The minimum Gasteiger partial charge on any atom is -0.300 e. The number of carbonyl (C=O) groups excluding carboxylic acids is 1. The number of hydrogen-bond acceptors (Lipinski definition) is 3. The fourth-order valence-corrected chi connectivity index (χ4v) is 4.98. The summed E-state index contributed by atoms with van der Waals surface area (Å²) in [6.07, 6.45) is 4.67. The van der Waals surface area contributed by atoms with E-state index in [1.807, 2.05) is 19.9 Å². The topological polar surface area (TPSA) is 51.2 Å². The summed E-state index contributed by atoms with van der Waals surface area (Å²) in [4.78, 5) is 12.0. The van der Waals surface area contributed by atoms with E-state index in [4.69, 9.17) is 0 Å². The van der Waals surface area contributed by atoms with Crippen LogP contribution in [0.2, 0.25) is 0 Å². The van der Waals surface area contributed by atoms with Gasteiger partial charge in [0.15, 0.2) is 9.84 Å². The largest absolute Gasteiger partial charge is 0.300 e. The van der Waals surface area contributed by atoms with Crippen molar-refractivity contribution in [3.05, 3.63) is 72.9 Å². The highest BCUT2D eigenvalue weighted by Gasteiger charge is 2.43. The van der Waals surface area contributed by atoms with Crippen molar-refractivity contribution in [3.8, 4) is 0 Å². The summed E-state index contributed by atoms with van der Waals surface area (Å²) in [7, 11) is -3.49. The van der Waals surface area contributed by atoms with Gasteiger partial charge >= 0.3 is 0 Å². The monoisotopic (exact) mass is 390 g/mol. The first-order chi connectivity index (χ1) is 12.7. The van der Waals surface area contributed by atoms with Gasteiger partial charge in [-0.05, 0) is 17.1 Å². The van der Waals surface area contributed by atoms with Gasteiger partial charge in [-0.25, -0.2) is 8.42 Å². The Hall–Kier alpha value is -1.94. The molecule has 2 rings (SSSR count). The van der Waals surface area contributed by atoms with Crippen LogP contribution in [0.3, 0.4) is 0 Å². The predicted octanol–water partition coefficient (Wildman–Crippen LogP) is 5.86. The minimum atomic E-state index is -3.49. The summed E-state index contributed by atoms with van der Waals surface area (Å²) in [5.41, 5.74) is 1.19. The lowest BCUT2D eigenvalue weighted by Gasteiger charge is -2.29. The lowest BCUT2D eigenvalue weighted by Crippen LogP contribution is -2.36. The molecule has 0 radical (unpaired) electrons. The lowest BCUT2D eigenvalue weighted by atomic mass is 10.00. The molecule has 1 saturated heterocycles. The van der Waals surface area contributed by atoms with E-state index in [2.05, 4.69) is 33.9 Å². The van der Waals surface area contributed by atoms with E-state index in [9.17, 15) is 13.2 Å². The van der Waals surface area contributed by atoms with Gasteiger partial charge < -0.3 is 0 Å². The predicted molar refractivity (Wildman–Crippen MR) is 116 cm³/mol. The Morgan fingerprint density at radius 3 is 2.04 bits per heavy atom. The zero-order chi connectivity index (χ0) is 21.0. The molecule has 1 aromatic rings. The van der Waals surface area contributed by atoms with Gasteiger partial charge in [0.1, 0.15) is 5.78 Å². The number of sulfone groups is 1. The maximum atomic E-state index is 12.9. The molecule has 27 heavy (non-hydrogen) atoms. The van der Waals surface area contributed by atoms with Gasteiger partial charge in [-0.1, -0.05) is 96.3 Å². The van der Waals surface area contributed by atoms with Crippen LogP contribution in [0.1, 0.15) is 58.3 Å². The number of Topliss-reactive ketones (excluding diaryl/α,β-unsaturated/α-hetero) is 1. The third kappa shape index (κ3) is 7.67. The number of ketones is 1. The second-order valence-corrected chi connectivity index (χ2v) is 9.08. The Bertz CT molecular complexity index is 725. The molecule has 0 amide bonds. The third-order valence-electron chi connectivity index (χ3n) is 3.71. The van der Waals surface area contributed by atoms with Crippen molar-refractivity contribution >= 4 is 15.6 Å². The SMILES string of the molecule is C=C/C=C(\C=C)C1CC(=O)CC(c2ccccc2)S1(=O)=O.CC.CC(C)C. The second kappa shape index (κ2) is 12.4. The first kappa shape index (κ1) is 25.1. The number of allylic oxidation sites excluding steroid dienone is 3. The molecule has 0 bridgehead atoms. The first-order valence-corrected chi connectivity index (χ1v) is 11.1. The van der Waals surface area contributed by atoms with Crippen LogP contribution in [0.4, 0.5) is 0 Å². The maximum Gasteiger partial charge on any atom is 0.165 e. The van der Waals surface area contributed by atoms with Crippen molar-refractivity contribution in [1.29, 1.82) is 0 Å². The van der Waals surface area contributed by atoms with Crippen LogP contribution in [0.25, 0.3) is 0 Å². The highest BCUT2D eigenvalue weighted by atomic mass is 32.2. The standard InChI is InChI=1S/C17H18O3S.C4H10.C2H6/c1-3-8-13(4-2)16-11-15(18)12-17(21(16,19)20)14-9-6-5-7-10-14;1-4(2)3;1-2/h3-10,16-17H,1-2,11-12H2;4H,1-3H3;1-2H3/b13-8+;;. The van der Waals surface area contributed by atoms with Crippen LogP contribution >= 0.6 is 0 Å². The molecule has 3 nitrogen and oxygen atoms in total. The van der Waals surface area contributed by atoms with Crippen molar-refractivity contribution in [2.24, 2.45) is 5.92 Å². The van der Waals surface area contributed by atoms with E-state index < -0.39 is 20.3 Å². The van der Waals surface area contributed by atoms with Crippen molar-refractivity contribution in [1.82, 2.24) is 0 Å². The first-order valence-electron chi connectivity index (χ1n) is 9.48. The number of rotatable bonds is 4. The molecule has 2 atom stereocenters. The Kier molecular flexibility index (Phi) is 11.6. The molecular weight excluding hydrogens is 356 g/mol. The molecule has 2 unspecified atom stereocenters. The van der Waals surface area contributed by atoms with Gasteiger partial charge in [-0.15, -0.1) is 0 Å². The third-order valence-corrected chi connectivity index (χ3v) is 6.17. The molecule has 1 aliphatic rings. The van der Waals surface area contributed by atoms with Crippen molar-refractivity contribution < 1.29 is 13.2 Å². The van der Waals surface area contributed by atoms with Crippen LogP contribution in [0, 0.1) is 5.92 Å². The molecule has 1 fully saturated rings. The van der Waals surface area contributed by atoms with Gasteiger partial charge in [0, 0.05) is 12.8 Å². The molecule has 150 valence electrons. The summed E-state index contributed by atoms with van der Waals surface area (Å²) in [5.74, 6) is 0.792. The maximum absolute atomic E-state index is 12.9. The smallest absolute Gasteiger partial charge is 0.165 e. The molecule has 1 aliphatic heterocycles. The van der Waals surface area contributed by atoms with E-state index in [-0.39, 0.29) is 18.6 Å². The minimum absolute atomic E-state index is 0.0113. The normalized spacial score (nSPS) is 21.3. The van der Waals surface area contributed by atoms with Crippen LogP contribution < -0.4 is 0 Å². The average molecular weight is 391 g/mol. The quantitative estimate of drug-likeness (QED) is 0.605. The molecule has 0 spiro atoms. The van der Waals surface area contributed by atoms with Crippen molar-refractivity contribution in [3.63, 3.8) is 0 Å². The van der Waals surface area contributed by atoms with Gasteiger partial charge in [0.25, 0.3) is 0 Å². The fourth-order valence-electron chi connectivity index (χ4n) is 2.65. The number of hydrogen-bond donors (Lipinski definition) is 0. The summed E-state index contributed by atoms with van der Waals surface area (Å²) in [6.45, 7) is 17.7. The second-order valence-electron chi connectivity index (χ2n) is 6.76. The van der Waals surface area contributed by atoms with E-state index in [1.165, 1.54) is 12.2 Å². The molecule has 0 aliphatic carbocycles. The number of benzene rings is 1. The van der Waals surface area contributed by atoms with Crippen LogP contribution in [-0.2, 0) is 14.6 Å². The van der Waals surface area contributed by atoms with Crippen LogP contribution in [-0.4, -0.2) is 19.5 Å². The summed E-state index contributed by atoms with van der Waals surface area (Å²) in [5, 5.41) is -1.61. The van der Waals surface area contributed by atoms with E-state index in [0.29, 0.717) is 11.1 Å². The molecular formula is C23H34O3S. The number of carbonyl (C=O) groups is 1. The van der Waals surface area contributed by atoms with Crippen molar-refractivity contribution in [2.45, 2.75) is 58.0 Å². The highest BCUT2D eigenvalue weighted by molar-refractivity contribution is 7.92. The molecule has 4 heteroatoms. The summed E-state index contributed by atoms with van der Waals surface area (Å²) < 4.78 is 25.7. The lowest BCUT2D eigenvalue weighted by molar-refractivity contribution is -0.119. The van der Waals surface area contributed by atoms with Gasteiger partial charge in [-0.2, -0.15) is 0 Å². The van der Waals surface area contributed by atoms with Crippen molar-refractivity contribution in [2.75, 3.05) is 0 Å². The molecule has 0 saturated carbocycles. The summed E-state index contributed by atoms with van der Waals surface area (Å²) in [6, 6.07) is 8.90. The Morgan fingerprint density at radius 1 is 1.07 bits per heavy atom. The molecule has 1 heterocycles. The van der Waals surface area contributed by atoms with E-state index >= 15 is 0 Å². The van der Waals surface area contributed by atoms with Crippen LogP contribution in [0.5, 0.6) is 0 Å². The van der Waals surface area contributed by atoms with Gasteiger partial charge in [0.05, 0.1) is 10.5 Å². The van der Waals surface area contributed by atoms with Gasteiger partial charge in [-0.3, -0.25) is 4.79 Å². The molecule has 0 N–H and O–H groups in total. The molecule has 1 aromatic carbocycles. The Balaban J connectivity index is 0.000000998. The zero-order valence-electron chi connectivity index (χ0n) is 17.3. The van der Waals surface area contributed by atoms with Crippen LogP contribution in [0.15, 0.2) is 67.3 Å². The summed E-state index contributed by atoms with van der Waals surface area (Å²) >= 11 is 0.